The van der Waals surface area contributed by atoms with Gasteiger partial charge in [0.1, 0.15) is 17.3 Å². The van der Waals surface area contributed by atoms with Crippen LogP contribution in [0, 0.1) is 6.92 Å². The molecule has 2 N–H and O–H groups in total. The third-order valence-electron chi connectivity index (χ3n) is 4.98. The Morgan fingerprint density at radius 1 is 1.15 bits per heavy atom. The lowest BCUT2D eigenvalue weighted by molar-refractivity contribution is -0.123. The van der Waals surface area contributed by atoms with Gasteiger partial charge in [0.05, 0.1) is 16.4 Å². The van der Waals surface area contributed by atoms with Crippen LogP contribution in [0.3, 0.4) is 0 Å². The Morgan fingerprint density at radius 2 is 1.91 bits per heavy atom. The average Bonchev–Trinajstić information content (AvgIpc) is 3.51. The van der Waals surface area contributed by atoms with E-state index < -0.39 is 11.9 Å². The molecule has 0 atom stereocenters. The summed E-state index contributed by atoms with van der Waals surface area (Å²) in [6.45, 7) is 1.57. The molecule has 1 aliphatic heterocycles. The van der Waals surface area contributed by atoms with Crippen LogP contribution in [0.2, 0.25) is 0 Å². The summed E-state index contributed by atoms with van der Waals surface area (Å²) in [6.07, 6.45) is 1.38. The molecule has 1 amide bonds. The molecule has 1 fully saturated rings. The Morgan fingerprint density at radius 3 is 2.64 bits per heavy atom. The molecule has 0 aliphatic carbocycles. The molecule has 0 unspecified atom stereocenters. The number of benzene rings is 2. The summed E-state index contributed by atoms with van der Waals surface area (Å²) in [6, 6.07) is 16.2. The molecular weight excluding hydrogens is 460 g/mol. The van der Waals surface area contributed by atoms with Crippen LogP contribution < -0.4 is 10.2 Å². The standard InChI is InChI=1S/C24H22N2O5S2/c1-15-19(3-2-4-20(15)23(28)29)21-10-9-18(31-21)13-25-26-22(27)14-30-17-7-5-16(6-8-17)24-32-11-12-33-24/h2-10,13,24H,11-12,14H2,1H3,(H,26,27)(H,28,29)/b25-13-. The molecule has 9 heteroatoms. The minimum atomic E-state index is -0.990. The zero-order chi connectivity index (χ0) is 23.2. The summed E-state index contributed by atoms with van der Waals surface area (Å²) in [7, 11) is 0. The van der Waals surface area contributed by atoms with Crippen molar-refractivity contribution in [1.29, 1.82) is 0 Å². The Hall–Kier alpha value is -3.17. The number of nitrogens with one attached hydrogen (secondary N) is 1. The van der Waals surface area contributed by atoms with Gasteiger partial charge in [-0.15, -0.1) is 23.5 Å². The van der Waals surface area contributed by atoms with E-state index in [2.05, 4.69) is 10.5 Å². The lowest BCUT2D eigenvalue weighted by Crippen LogP contribution is -2.24. The van der Waals surface area contributed by atoms with E-state index in [-0.39, 0.29) is 12.2 Å². The molecule has 3 aromatic rings. The second-order valence-corrected chi connectivity index (χ2v) is 9.93. The Kier molecular flexibility index (Phi) is 7.41. The second kappa shape index (κ2) is 10.6. The number of ether oxygens (including phenoxy) is 1. The molecule has 0 radical (unpaired) electrons. The summed E-state index contributed by atoms with van der Waals surface area (Å²) >= 11 is 3.88. The minimum absolute atomic E-state index is 0.159. The monoisotopic (exact) mass is 482 g/mol. The van der Waals surface area contributed by atoms with Gasteiger partial charge in [-0.05, 0) is 48.4 Å². The highest BCUT2D eigenvalue weighted by molar-refractivity contribution is 8.19. The van der Waals surface area contributed by atoms with Gasteiger partial charge in [-0.1, -0.05) is 24.3 Å². The van der Waals surface area contributed by atoms with Crippen molar-refractivity contribution in [3.05, 3.63) is 77.0 Å². The van der Waals surface area contributed by atoms with E-state index in [0.29, 0.717) is 33.0 Å². The summed E-state index contributed by atoms with van der Waals surface area (Å²) in [4.78, 5) is 23.3. The molecule has 0 spiro atoms. The number of carbonyl (C=O) groups is 2. The smallest absolute Gasteiger partial charge is 0.335 e. The zero-order valence-corrected chi connectivity index (χ0v) is 19.4. The fraction of sp³-hybridized carbons (Fsp3) is 0.208. The van der Waals surface area contributed by atoms with Crippen LogP contribution in [-0.2, 0) is 4.79 Å². The molecule has 1 saturated heterocycles. The van der Waals surface area contributed by atoms with Crippen molar-refractivity contribution < 1.29 is 23.8 Å². The molecule has 33 heavy (non-hydrogen) atoms. The maximum Gasteiger partial charge on any atom is 0.335 e. The van der Waals surface area contributed by atoms with Crippen molar-refractivity contribution in [1.82, 2.24) is 5.43 Å². The predicted octanol–water partition coefficient (Wildman–Crippen LogP) is 4.96. The van der Waals surface area contributed by atoms with E-state index in [0.717, 1.165) is 0 Å². The topological polar surface area (TPSA) is 101 Å². The minimum Gasteiger partial charge on any atom is -0.484 e. The Labute approximate surface area is 199 Å². The van der Waals surface area contributed by atoms with Gasteiger partial charge in [0.2, 0.25) is 0 Å². The SMILES string of the molecule is Cc1c(C(=O)O)cccc1-c1ccc(/C=N\NC(=O)COc2ccc(C3SCCS3)cc2)o1. The van der Waals surface area contributed by atoms with E-state index in [1.54, 1.807) is 37.3 Å². The number of hydrogen-bond acceptors (Lipinski definition) is 7. The van der Waals surface area contributed by atoms with Gasteiger partial charge in [-0.25, -0.2) is 10.2 Å². The molecule has 2 heterocycles. The Balaban J connectivity index is 1.28. The quantitative estimate of drug-likeness (QED) is 0.346. The number of carboxylic acids is 1. The highest BCUT2D eigenvalue weighted by Crippen LogP contribution is 2.45. The number of rotatable bonds is 8. The van der Waals surface area contributed by atoms with Gasteiger partial charge in [-0.2, -0.15) is 5.10 Å². The number of aromatic carboxylic acids is 1. The number of furan rings is 1. The fourth-order valence-electron chi connectivity index (χ4n) is 3.32. The molecule has 2 aromatic carbocycles. The maximum absolute atomic E-state index is 12.0. The molecular formula is C24H22N2O5S2. The summed E-state index contributed by atoms with van der Waals surface area (Å²) < 4.78 is 11.7. The molecule has 1 aliphatic rings. The van der Waals surface area contributed by atoms with Gasteiger partial charge in [0.25, 0.3) is 5.91 Å². The van der Waals surface area contributed by atoms with Gasteiger partial charge >= 0.3 is 5.97 Å². The average molecular weight is 483 g/mol. The Bertz CT molecular complexity index is 1170. The number of carboxylic acid groups (broad SMARTS) is 1. The first-order valence-corrected chi connectivity index (χ1v) is 12.3. The molecule has 7 nitrogen and oxygen atoms in total. The van der Waals surface area contributed by atoms with Crippen molar-refractivity contribution in [3.8, 4) is 17.1 Å². The first-order valence-electron chi connectivity index (χ1n) is 10.2. The van der Waals surface area contributed by atoms with Crippen LogP contribution in [0.1, 0.15) is 31.8 Å². The van der Waals surface area contributed by atoms with E-state index in [1.165, 1.54) is 23.3 Å². The second-order valence-electron chi connectivity index (χ2n) is 7.21. The number of nitrogens with zero attached hydrogens (tertiary/aromatic N) is 1. The van der Waals surface area contributed by atoms with E-state index >= 15 is 0 Å². The summed E-state index contributed by atoms with van der Waals surface area (Å²) in [5, 5.41) is 13.2. The largest absolute Gasteiger partial charge is 0.484 e. The van der Waals surface area contributed by atoms with Gasteiger partial charge < -0.3 is 14.3 Å². The lowest BCUT2D eigenvalue weighted by atomic mass is 10.0. The van der Waals surface area contributed by atoms with Crippen LogP contribution >= 0.6 is 23.5 Å². The van der Waals surface area contributed by atoms with Crippen molar-refractivity contribution in [3.63, 3.8) is 0 Å². The summed E-state index contributed by atoms with van der Waals surface area (Å²) in [5.74, 6) is 2.52. The lowest BCUT2D eigenvalue weighted by Gasteiger charge is -2.10. The van der Waals surface area contributed by atoms with Crippen LogP contribution in [0.15, 0.2) is 64.1 Å². The molecule has 170 valence electrons. The fourth-order valence-corrected chi connectivity index (χ4v) is 6.18. The van der Waals surface area contributed by atoms with E-state index in [4.69, 9.17) is 9.15 Å². The third-order valence-corrected chi connectivity index (χ3v) is 8.09. The summed E-state index contributed by atoms with van der Waals surface area (Å²) in [5.41, 5.74) is 5.18. The van der Waals surface area contributed by atoms with Crippen molar-refractivity contribution in [2.45, 2.75) is 11.5 Å². The van der Waals surface area contributed by atoms with Crippen LogP contribution in [0.5, 0.6) is 5.75 Å². The van der Waals surface area contributed by atoms with Gasteiger partial charge in [0, 0.05) is 17.1 Å². The molecule has 1 aromatic heterocycles. The molecule has 0 bridgehead atoms. The predicted molar refractivity (Wildman–Crippen MR) is 131 cm³/mol. The van der Waals surface area contributed by atoms with Crippen LogP contribution in [0.25, 0.3) is 11.3 Å². The number of amides is 1. The number of carbonyl (C=O) groups excluding carboxylic acids is 1. The van der Waals surface area contributed by atoms with Crippen molar-refractivity contribution >= 4 is 41.6 Å². The first-order chi connectivity index (χ1) is 16.0. The number of hydrazone groups is 1. The van der Waals surface area contributed by atoms with Crippen molar-refractivity contribution in [2.24, 2.45) is 5.10 Å². The van der Waals surface area contributed by atoms with E-state index in [9.17, 15) is 14.7 Å². The first kappa shape index (κ1) is 23.0. The van der Waals surface area contributed by atoms with Gasteiger partial charge in [-0.3, -0.25) is 4.79 Å². The highest BCUT2D eigenvalue weighted by atomic mass is 32.2. The van der Waals surface area contributed by atoms with Gasteiger partial charge in [0.15, 0.2) is 6.61 Å². The molecule has 0 saturated carbocycles. The number of hydrogen-bond donors (Lipinski definition) is 2. The van der Waals surface area contributed by atoms with Crippen LogP contribution in [0.4, 0.5) is 0 Å². The van der Waals surface area contributed by atoms with Crippen LogP contribution in [-0.4, -0.2) is 41.3 Å². The maximum atomic E-state index is 12.0. The molecule has 4 rings (SSSR count). The number of thioether (sulfide) groups is 2. The normalized spacial score (nSPS) is 14.0. The van der Waals surface area contributed by atoms with Crippen molar-refractivity contribution in [2.75, 3.05) is 18.1 Å². The third kappa shape index (κ3) is 5.80. The zero-order valence-electron chi connectivity index (χ0n) is 17.8. The highest BCUT2D eigenvalue weighted by Gasteiger charge is 2.18. The van der Waals surface area contributed by atoms with E-state index in [1.807, 2.05) is 47.8 Å².